The van der Waals surface area contributed by atoms with E-state index in [1.54, 1.807) is 0 Å². The summed E-state index contributed by atoms with van der Waals surface area (Å²) in [5.74, 6) is 0.292. The maximum absolute atomic E-state index is 10.7. The van der Waals surface area contributed by atoms with Crippen LogP contribution in [-0.2, 0) is 0 Å². The van der Waals surface area contributed by atoms with Gasteiger partial charge in [0.2, 0.25) is 0 Å². The number of hydrogen-bond donors (Lipinski definition) is 2. The minimum atomic E-state index is -1.01. The zero-order valence-corrected chi connectivity index (χ0v) is 10.4. The summed E-state index contributed by atoms with van der Waals surface area (Å²) in [7, 11) is 0. The predicted octanol–water partition coefficient (Wildman–Crippen LogP) is 3.03. The number of nitrogens with zero attached hydrogens (tertiary/aromatic N) is 1. The van der Waals surface area contributed by atoms with Crippen molar-refractivity contribution >= 4 is 23.4 Å². The van der Waals surface area contributed by atoms with Crippen LogP contribution < -0.4 is 5.32 Å². The zero-order chi connectivity index (χ0) is 12.4. The molecule has 2 N–H and O–H groups in total. The topological polar surface area (TPSA) is 62.2 Å². The van der Waals surface area contributed by atoms with E-state index >= 15 is 0 Å². The summed E-state index contributed by atoms with van der Waals surface area (Å²) in [6.07, 6.45) is 4.76. The van der Waals surface area contributed by atoms with E-state index < -0.39 is 5.97 Å². The number of aromatic nitrogens is 1. The fourth-order valence-corrected chi connectivity index (χ4v) is 2.41. The number of aromatic carboxylic acids is 1. The summed E-state index contributed by atoms with van der Waals surface area (Å²) in [5.41, 5.74) is 0.111. The number of hydrogen-bond acceptors (Lipinski definition) is 3. The van der Waals surface area contributed by atoms with Crippen molar-refractivity contribution in [3.63, 3.8) is 0 Å². The maximum atomic E-state index is 10.7. The molecule has 1 saturated carbocycles. The van der Waals surface area contributed by atoms with Crippen LogP contribution in [0.4, 0.5) is 5.82 Å². The van der Waals surface area contributed by atoms with Gasteiger partial charge in [-0.25, -0.2) is 9.78 Å². The van der Waals surface area contributed by atoms with E-state index in [4.69, 9.17) is 16.7 Å². The molecule has 4 nitrogen and oxygen atoms in total. The Labute approximate surface area is 105 Å². The molecule has 0 saturated heterocycles. The van der Waals surface area contributed by atoms with Gasteiger partial charge in [-0.15, -0.1) is 0 Å². The standard InChI is InChI=1S/C12H15ClN2O2/c1-7-2-3-9(4-7)15-11-10(13)5-8(6-14-11)12(16)17/h5-7,9H,2-4H2,1H3,(H,14,15)(H,16,17). The quantitative estimate of drug-likeness (QED) is 0.870. The number of carbonyl (C=O) groups is 1. The number of carboxylic acid groups (broad SMARTS) is 1. The molecule has 1 fully saturated rings. The van der Waals surface area contributed by atoms with Crippen LogP contribution in [0.3, 0.4) is 0 Å². The monoisotopic (exact) mass is 254 g/mol. The lowest BCUT2D eigenvalue weighted by Gasteiger charge is -2.14. The summed E-state index contributed by atoms with van der Waals surface area (Å²) < 4.78 is 0. The summed E-state index contributed by atoms with van der Waals surface area (Å²) in [4.78, 5) is 14.8. The molecule has 1 aromatic rings. The molecule has 0 aromatic carbocycles. The highest BCUT2D eigenvalue weighted by Crippen LogP contribution is 2.29. The van der Waals surface area contributed by atoms with Gasteiger partial charge in [-0.3, -0.25) is 0 Å². The summed E-state index contributed by atoms with van der Waals surface area (Å²) in [6.45, 7) is 2.23. The molecule has 0 radical (unpaired) electrons. The molecule has 2 rings (SSSR count). The van der Waals surface area contributed by atoms with Crippen molar-refractivity contribution in [1.29, 1.82) is 0 Å². The predicted molar refractivity (Wildman–Crippen MR) is 66.6 cm³/mol. The zero-order valence-electron chi connectivity index (χ0n) is 9.61. The molecule has 0 amide bonds. The normalized spacial score (nSPS) is 23.6. The first kappa shape index (κ1) is 12.2. The van der Waals surface area contributed by atoms with Crippen LogP contribution in [0.2, 0.25) is 5.02 Å². The van der Waals surface area contributed by atoms with Crippen molar-refractivity contribution in [3.8, 4) is 0 Å². The van der Waals surface area contributed by atoms with Crippen LogP contribution in [0, 0.1) is 5.92 Å². The van der Waals surface area contributed by atoms with E-state index in [2.05, 4.69) is 17.2 Å². The van der Waals surface area contributed by atoms with E-state index in [1.807, 2.05) is 0 Å². The third-order valence-electron chi connectivity index (χ3n) is 3.12. The molecule has 1 aliphatic rings. The number of pyridine rings is 1. The number of carboxylic acids is 1. The minimum absolute atomic E-state index is 0.111. The molecule has 0 aliphatic heterocycles. The summed E-state index contributed by atoms with van der Waals surface area (Å²) in [5, 5.41) is 12.4. The molecular formula is C12H15ClN2O2. The number of nitrogens with one attached hydrogen (secondary N) is 1. The molecule has 17 heavy (non-hydrogen) atoms. The molecule has 2 atom stereocenters. The molecule has 1 aliphatic carbocycles. The first-order chi connectivity index (χ1) is 8.06. The van der Waals surface area contributed by atoms with Crippen LogP contribution in [0.1, 0.15) is 36.5 Å². The highest BCUT2D eigenvalue weighted by atomic mass is 35.5. The molecule has 0 bridgehead atoms. The molecule has 0 spiro atoms. The van der Waals surface area contributed by atoms with Crippen LogP contribution in [-0.4, -0.2) is 22.1 Å². The third-order valence-corrected chi connectivity index (χ3v) is 3.41. The van der Waals surface area contributed by atoms with Crippen molar-refractivity contribution in [2.75, 3.05) is 5.32 Å². The van der Waals surface area contributed by atoms with Gasteiger partial charge in [0.25, 0.3) is 0 Å². The average Bonchev–Trinajstić information content (AvgIpc) is 2.67. The highest BCUT2D eigenvalue weighted by molar-refractivity contribution is 6.33. The van der Waals surface area contributed by atoms with Gasteiger partial charge >= 0.3 is 5.97 Å². The Hall–Kier alpha value is -1.29. The largest absolute Gasteiger partial charge is 0.478 e. The lowest BCUT2D eigenvalue weighted by Crippen LogP contribution is -2.16. The highest BCUT2D eigenvalue weighted by Gasteiger charge is 2.22. The Morgan fingerprint density at radius 3 is 2.88 bits per heavy atom. The molecule has 1 aromatic heterocycles. The van der Waals surface area contributed by atoms with Crippen LogP contribution in [0.15, 0.2) is 12.3 Å². The number of rotatable bonds is 3. The van der Waals surface area contributed by atoms with E-state index in [0.717, 1.165) is 18.8 Å². The summed E-state index contributed by atoms with van der Waals surface area (Å²) in [6, 6.07) is 1.82. The van der Waals surface area contributed by atoms with E-state index in [1.165, 1.54) is 18.7 Å². The lowest BCUT2D eigenvalue weighted by atomic mass is 10.1. The van der Waals surface area contributed by atoms with Gasteiger partial charge in [0, 0.05) is 12.2 Å². The fraction of sp³-hybridized carbons (Fsp3) is 0.500. The van der Waals surface area contributed by atoms with Gasteiger partial charge in [-0.05, 0) is 31.2 Å². The fourth-order valence-electron chi connectivity index (χ4n) is 2.19. The van der Waals surface area contributed by atoms with Crippen molar-refractivity contribution in [2.45, 2.75) is 32.2 Å². The second-order valence-corrected chi connectivity index (χ2v) is 5.03. The number of anilines is 1. The maximum Gasteiger partial charge on any atom is 0.337 e. The molecule has 1 heterocycles. The van der Waals surface area contributed by atoms with Crippen LogP contribution >= 0.6 is 11.6 Å². The van der Waals surface area contributed by atoms with Gasteiger partial charge in [0.05, 0.1) is 10.6 Å². The second kappa shape index (κ2) is 4.92. The molecular weight excluding hydrogens is 240 g/mol. The molecule has 92 valence electrons. The van der Waals surface area contributed by atoms with Gasteiger partial charge in [-0.1, -0.05) is 18.5 Å². The third kappa shape index (κ3) is 2.88. The first-order valence-electron chi connectivity index (χ1n) is 5.71. The van der Waals surface area contributed by atoms with Crippen molar-refractivity contribution < 1.29 is 9.90 Å². The van der Waals surface area contributed by atoms with E-state index in [-0.39, 0.29) is 5.56 Å². The van der Waals surface area contributed by atoms with Crippen molar-refractivity contribution in [2.24, 2.45) is 5.92 Å². The van der Waals surface area contributed by atoms with E-state index in [9.17, 15) is 4.79 Å². The van der Waals surface area contributed by atoms with Gasteiger partial charge < -0.3 is 10.4 Å². The number of halogens is 1. The molecule has 2 unspecified atom stereocenters. The smallest absolute Gasteiger partial charge is 0.337 e. The Morgan fingerprint density at radius 1 is 1.59 bits per heavy atom. The second-order valence-electron chi connectivity index (χ2n) is 4.62. The van der Waals surface area contributed by atoms with Crippen molar-refractivity contribution in [1.82, 2.24) is 4.98 Å². The van der Waals surface area contributed by atoms with Crippen LogP contribution in [0.25, 0.3) is 0 Å². The summed E-state index contributed by atoms with van der Waals surface area (Å²) >= 11 is 6.00. The van der Waals surface area contributed by atoms with Crippen molar-refractivity contribution in [3.05, 3.63) is 22.8 Å². The Morgan fingerprint density at radius 2 is 2.35 bits per heavy atom. The van der Waals surface area contributed by atoms with Gasteiger partial charge in [0.1, 0.15) is 5.82 Å². The Bertz CT molecular complexity index is 437. The first-order valence-corrected chi connectivity index (χ1v) is 6.09. The minimum Gasteiger partial charge on any atom is -0.478 e. The average molecular weight is 255 g/mol. The van der Waals surface area contributed by atoms with Gasteiger partial charge in [0.15, 0.2) is 0 Å². The Kier molecular flexibility index (Phi) is 3.52. The van der Waals surface area contributed by atoms with E-state index in [0.29, 0.717) is 16.9 Å². The molecule has 5 heteroatoms. The Balaban J connectivity index is 2.09. The van der Waals surface area contributed by atoms with Crippen LogP contribution in [0.5, 0.6) is 0 Å². The SMILES string of the molecule is CC1CCC(Nc2ncc(C(=O)O)cc2Cl)C1. The van der Waals surface area contributed by atoms with Gasteiger partial charge in [-0.2, -0.15) is 0 Å². The lowest BCUT2D eigenvalue weighted by molar-refractivity contribution is 0.0696.